The molecule has 0 spiro atoms. The van der Waals surface area contributed by atoms with Gasteiger partial charge in [0, 0.05) is 112 Å². The molecule has 12 heterocycles. The van der Waals surface area contributed by atoms with Crippen LogP contribution in [0.15, 0.2) is 233 Å². The fraction of sp³-hybridized carbons (Fsp3) is 0.0741. The molecule has 0 atom stereocenters. The molecule has 10 aromatic heterocycles. The first-order chi connectivity index (χ1) is 62.3. The number of pyridine rings is 8. The average molecular weight is 2040 g/mol. The number of aryl methyl sites for hydroxylation is 2. The number of hydrogen-bond donors (Lipinski definition) is 8. The van der Waals surface area contributed by atoms with Crippen LogP contribution in [0.5, 0.6) is 0 Å². The Kier molecular flexibility index (Phi) is 27.5. The van der Waals surface area contributed by atoms with E-state index in [1.54, 1.807) is 24.5 Å². The van der Waals surface area contributed by atoms with E-state index in [0.29, 0.717) is 62.1 Å². The zero-order chi connectivity index (χ0) is 96.7. The first-order valence-electron chi connectivity index (χ1n) is 36.6. The largest absolute Gasteiger partial charge is 0.427 e. The van der Waals surface area contributed by atoms with Crippen molar-refractivity contribution in [3.8, 4) is 11.4 Å². The lowest BCUT2D eigenvalue weighted by Crippen LogP contribution is -2.18. The van der Waals surface area contributed by atoms with Crippen LogP contribution in [0.3, 0.4) is 0 Å². The lowest BCUT2D eigenvalue weighted by Gasteiger charge is -2.15. The van der Waals surface area contributed by atoms with Gasteiger partial charge in [0.2, 0.25) is 23.1 Å². The molecule has 30 nitrogen and oxygen atoms in total. The van der Waals surface area contributed by atoms with Crippen molar-refractivity contribution in [3.05, 3.63) is 322 Å². The SMILES string of the molecule is Cc1ccc(S(=O)(=O)Nc2cc(Cl)cnc2C(=O)c2ccnc3[nH]ccc23)cc1C(F)(F)F.Cc1ccc(S(=O)(=O)Nc2cc(Cl)cnc2C(=O)c2ccnc3[nH]ncc23)cc1C(F)(F)F.O=C(c1ccn(O)c2nccc1-2)c1ncc(Cl)cc1NS(=O)(=O)c1ccc(Cl)c(C(F)(F)F)c1.O=C(c1ncc(Cl)cc1NS(=O)(=O)c1ccc(Cl)c(C(F)(F)F)c1)c1ccnc2[nH]ccc12. The number of rotatable bonds is 20. The van der Waals surface area contributed by atoms with E-state index in [-0.39, 0.29) is 110 Å². The van der Waals surface area contributed by atoms with Gasteiger partial charge < -0.3 is 15.2 Å². The Hall–Kier alpha value is -13.5. The standard InChI is InChI=1S/C21H14ClF3N4O3S.C20H11Cl2F3N4O4S.C20H11Cl2F3N4O3S.C20H13ClF3N5O3S/c1-11-2-3-13(9-16(11)21(23,24)25)33(31,32)29-17-8-12(22)10-28-18(17)19(30)14-4-6-26-20-15(14)5-7-27-20;21-10-7-16(28-34(32,33)11-1-2-15(22)14(8-11)20(23,24)25)17(27-9-10)18(30)12-4-6-29(31)19-13(12)3-5-26-19;21-10-7-16(29-33(31,32)11-1-2-15(22)14(8-11)20(23,24)25)17(28-9-10)18(30)12-3-5-26-19-13(12)4-6-27-19;1-10-2-3-12(7-15(10)20(22,23)24)33(31,32)29-16-6-11(21)8-26-17(16)18(30)13-4-5-25-19-14(13)9-27-28-19/h2-10,29H,1H3,(H,26,27);1-9,28,31H;1-9,29H,(H,26,27);2-9,29H,1H3,(H,25,27,28). The van der Waals surface area contributed by atoms with Gasteiger partial charge in [0.25, 0.3) is 40.1 Å². The number of fused-ring (bicyclic) bond motifs is 4. The molecule has 133 heavy (non-hydrogen) atoms. The zero-order valence-corrected chi connectivity index (χ0v) is 73.8. The molecule has 8 N–H and O–H groups in total. The van der Waals surface area contributed by atoms with Crippen LogP contribution in [0.4, 0.5) is 75.4 Å². The Labute approximate surface area is 769 Å². The second-order valence-electron chi connectivity index (χ2n) is 27.6. The van der Waals surface area contributed by atoms with Crippen molar-refractivity contribution < 1.29 is 111 Å². The van der Waals surface area contributed by atoms with E-state index in [0.717, 1.165) is 104 Å². The fourth-order valence-corrected chi connectivity index (χ4v) is 18.0. The van der Waals surface area contributed by atoms with E-state index < -0.39 is 140 Å². The summed E-state index contributed by atoms with van der Waals surface area (Å²) in [5.41, 5.74) is -5.60. The quantitative estimate of drug-likeness (QED) is 0.0200. The Morgan fingerprint density at radius 1 is 0.353 bits per heavy atom. The number of anilines is 4. The summed E-state index contributed by atoms with van der Waals surface area (Å²) in [6.45, 7) is 2.44. The molecule has 4 aromatic carbocycles. The topological polar surface area (TPSA) is 441 Å². The minimum atomic E-state index is -4.89. The average Bonchev–Trinajstić information content (AvgIpc) is 1.64. The maximum Gasteiger partial charge on any atom is 0.417 e. The summed E-state index contributed by atoms with van der Waals surface area (Å²) in [7, 11) is -18.2. The third kappa shape index (κ3) is 21.5. The minimum absolute atomic E-state index is 0.00198. The molecular formula is C81H49Cl6F12N17O13S4. The number of carbonyl (C=O) groups excluding carboxylic acids is 4. The number of sulfonamides is 4. The molecule has 14 aromatic rings. The summed E-state index contributed by atoms with van der Waals surface area (Å²) in [6, 6.07) is 24.2. The van der Waals surface area contributed by atoms with Gasteiger partial charge in [-0.15, -0.1) is 0 Å². The molecule has 686 valence electrons. The number of carbonyl (C=O) groups is 4. The lowest BCUT2D eigenvalue weighted by molar-refractivity contribution is -0.139. The molecule has 0 saturated heterocycles. The maximum absolute atomic E-state index is 13.3. The van der Waals surface area contributed by atoms with Crippen LogP contribution >= 0.6 is 69.6 Å². The van der Waals surface area contributed by atoms with Crippen LogP contribution in [0.25, 0.3) is 44.5 Å². The van der Waals surface area contributed by atoms with Gasteiger partial charge in [-0.25, -0.2) is 73.5 Å². The van der Waals surface area contributed by atoms with Crippen molar-refractivity contribution in [3.63, 3.8) is 0 Å². The van der Waals surface area contributed by atoms with Crippen LogP contribution in [-0.2, 0) is 64.8 Å². The van der Waals surface area contributed by atoms with Crippen LogP contribution in [0.2, 0.25) is 30.1 Å². The van der Waals surface area contributed by atoms with Gasteiger partial charge in [-0.2, -0.15) is 62.5 Å². The number of nitrogens with zero attached hydrogens (tertiary/aromatic N) is 10. The van der Waals surface area contributed by atoms with Crippen LogP contribution in [-0.4, -0.2) is 127 Å². The number of ketones is 4. The Morgan fingerprint density at radius 3 is 1.01 bits per heavy atom. The van der Waals surface area contributed by atoms with Gasteiger partial charge in [-0.1, -0.05) is 81.7 Å². The molecule has 16 rings (SSSR count). The molecule has 2 aliphatic heterocycles. The summed E-state index contributed by atoms with van der Waals surface area (Å²) < 4.78 is 271. The summed E-state index contributed by atoms with van der Waals surface area (Å²) in [4.78, 5) is 87.8. The van der Waals surface area contributed by atoms with Crippen molar-refractivity contribution in [1.29, 1.82) is 0 Å². The van der Waals surface area contributed by atoms with Crippen molar-refractivity contribution >= 4 is 189 Å². The van der Waals surface area contributed by atoms with E-state index >= 15 is 0 Å². The third-order valence-corrected chi connectivity index (χ3v) is 25.8. The number of halogens is 18. The Morgan fingerprint density at radius 2 is 0.662 bits per heavy atom. The molecular weight excluding hydrogens is 1990 g/mol. The highest BCUT2D eigenvalue weighted by molar-refractivity contribution is 7.93. The predicted molar refractivity (Wildman–Crippen MR) is 461 cm³/mol. The molecule has 0 radical (unpaired) electrons. The van der Waals surface area contributed by atoms with Gasteiger partial charge in [0.05, 0.1) is 101 Å². The number of nitrogens with one attached hydrogen (secondary N) is 7. The van der Waals surface area contributed by atoms with Gasteiger partial charge in [0.1, 0.15) is 34.1 Å². The summed E-state index contributed by atoms with van der Waals surface area (Å²) in [6.07, 6.45) is -3.49. The maximum atomic E-state index is 13.3. The minimum Gasteiger partial charge on any atom is -0.427 e. The molecule has 0 bridgehead atoms. The van der Waals surface area contributed by atoms with Crippen LogP contribution in [0.1, 0.15) is 97.6 Å². The highest BCUT2D eigenvalue weighted by Gasteiger charge is 2.40. The smallest absolute Gasteiger partial charge is 0.417 e. The van der Waals surface area contributed by atoms with E-state index in [2.05, 4.69) is 78.9 Å². The van der Waals surface area contributed by atoms with Gasteiger partial charge in [-0.05, 0) is 152 Å². The molecule has 0 unspecified atom stereocenters. The number of hydrogen-bond acceptors (Lipinski definition) is 22. The molecule has 52 heteroatoms. The van der Waals surface area contributed by atoms with Gasteiger partial charge in [0.15, 0.2) is 11.5 Å². The molecule has 0 aliphatic carbocycles. The highest BCUT2D eigenvalue weighted by Crippen LogP contribution is 2.42. The number of aromatic amines is 3. The van der Waals surface area contributed by atoms with E-state index in [9.17, 15) is 111 Å². The molecule has 0 fully saturated rings. The number of H-pyrrole nitrogens is 3. The first kappa shape index (κ1) is 97.1. The normalized spacial score (nSPS) is 12.2. The van der Waals surface area contributed by atoms with Crippen molar-refractivity contribution in [2.45, 2.75) is 58.1 Å². The summed E-state index contributed by atoms with van der Waals surface area (Å²) in [5, 5.41) is 16.3. The molecule has 2 aliphatic rings. The monoisotopic (exact) mass is 2030 g/mol. The van der Waals surface area contributed by atoms with Crippen molar-refractivity contribution in [1.82, 2.24) is 64.8 Å². The second-order valence-corrected chi connectivity index (χ2v) is 36.9. The van der Waals surface area contributed by atoms with Gasteiger partial charge in [-0.3, -0.25) is 43.2 Å². The van der Waals surface area contributed by atoms with Gasteiger partial charge >= 0.3 is 24.7 Å². The fourth-order valence-electron chi connectivity index (χ4n) is 12.6. The Bertz CT molecular complexity index is 7290. The van der Waals surface area contributed by atoms with Crippen molar-refractivity contribution in [2.75, 3.05) is 18.9 Å². The number of alkyl halides is 12. The third-order valence-electron chi connectivity index (χ3n) is 18.8. The second kappa shape index (κ2) is 37.7. The summed E-state index contributed by atoms with van der Waals surface area (Å²) >= 11 is 34.9. The van der Waals surface area contributed by atoms with E-state index in [1.165, 1.54) is 75.2 Å². The van der Waals surface area contributed by atoms with Crippen LogP contribution < -0.4 is 18.9 Å². The summed E-state index contributed by atoms with van der Waals surface area (Å²) in [5.74, 6) is -2.62. The first-order valence-corrected chi connectivity index (χ1v) is 44.8. The number of aromatic nitrogens is 13. The molecule has 0 saturated carbocycles. The molecule has 0 amide bonds. The zero-order valence-electron chi connectivity index (χ0n) is 66.0. The van der Waals surface area contributed by atoms with Crippen molar-refractivity contribution in [2.24, 2.45) is 0 Å². The number of benzene rings is 4. The lowest BCUT2D eigenvalue weighted by atomic mass is 10.0. The predicted octanol–water partition coefficient (Wildman–Crippen LogP) is 19.6. The van der Waals surface area contributed by atoms with Crippen LogP contribution in [0, 0.1) is 13.8 Å². The Balaban J connectivity index is 0.000000151. The van der Waals surface area contributed by atoms with E-state index in [1.807, 2.05) is 0 Å². The van der Waals surface area contributed by atoms with E-state index in [4.69, 9.17) is 69.6 Å². The highest BCUT2D eigenvalue weighted by atomic mass is 35.5.